The van der Waals surface area contributed by atoms with Crippen LogP contribution in [0.5, 0.6) is 0 Å². The van der Waals surface area contributed by atoms with E-state index in [2.05, 4.69) is 10.9 Å². The zero-order valence-electron chi connectivity index (χ0n) is 14.3. The summed E-state index contributed by atoms with van der Waals surface area (Å²) in [7, 11) is -3.40. The van der Waals surface area contributed by atoms with E-state index in [-0.39, 0.29) is 10.5 Å². The second kappa shape index (κ2) is 6.90. The van der Waals surface area contributed by atoms with Crippen molar-refractivity contribution in [1.82, 2.24) is 4.57 Å². The average molecular weight is 384 g/mol. The number of terminal acetylenes is 1. The van der Waals surface area contributed by atoms with E-state index in [1.54, 1.807) is 10.6 Å². The Kier molecular flexibility index (Phi) is 4.81. The molecule has 1 aromatic heterocycles. The molecular weight excluding hydrogens is 368 g/mol. The first-order valence-electron chi connectivity index (χ1n) is 7.72. The van der Waals surface area contributed by atoms with Gasteiger partial charge in [-0.2, -0.15) is 4.99 Å². The Balaban J connectivity index is 2.14. The highest BCUT2D eigenvalue weighted by molar-refractivity contribution is 7.90. The van der Waals surface area contributed by atoms with Crippen LogP contribution in [0.3, 0.4) is 0 Å². The van der Waals surface area contributed by atoms with Crippen molar-refractivity contribution in [3.63, 3.8) is 0 Å². The van der Waals surface area contributed by atoms with Crippen molar-refractivity contribution in [3.05, 3.63) is 58.4 Å². The molecule has 1 heterocycles. The first-order chi connectivity index (χ1) is 12.3. The summed E-state index contributed by atoms with van der Waals surface area (Å²) in [5, 5.41) is 0. The van der Waals surface area contributed by atoms with E-state index >= 15 is 0 Å². The smallest absolute Gasteiger partial charge is 0.279 e. The predicted molar refractivity (Wildman–Crippen MR) is 103 cm³/mol. The van der Waals surface area contributed by atoms with Gasteiger partial charge in [0.15, 0.2) is 14.6 Å². The number of rotatable bonds is 3. The molecule has 0 aliphatic rings. The van der Waals surface area contributed by atoms with Crippen LogP contribution in [0.15, 0.2) is 52.4 Å². The second-order valence-corrected chi connectivity index (χ2v) is 8.89. The third kappa shape index (κ3) is 3.62. The summed E-state index contributed by atoms with van der Waals surface area (Å²) in [5.41, 5.74) is 2.23. The molecule has 0 fully saturated rings. The maximum Gasteiger partial charge on any atom is 0.279 e. The lowest BCUT2D eigenvalue weighted by atomic mass is 10.2. The monoisotopic (exact) mass is 384 g/mol. The molecule has 5 nitrogen and oxygen atoms in total. The van der Waals surface area contributed by atoms with Crippen molar-refractivity contribution < 1.29 is 13.2 Å². The van der Waals surface area contributed by atoms with Gasteiger partial charge in [0.25, 0.3) is 5.91 Å². The molecule has 0 aliphatic carbocycles. The van der Waals surface area contributed by atoms with Crippen LogP contribution in [0.25, 0.3) is 10.2 Å². The van der Waals surface area contributed by atoms with Gasteiger partial charge in [-0.25, -0.2) is 8.42 Å². The van der Waals surface area contributed by atoms with E-state index in [9.17, 15) is 13.2 Å². The van der Waals surface area contributed by atoms with E-state index in [0.29, 0.717) is 11.3 Å². The van der Waals surface area contributed by atoms with Crippen LogP contribution in [0.4, 0.5) is 0 Å². The van der Waals surface area contributed by atoms with Gasteiger partial charge in [0, 0.05) is 11.8 Å². The molecule has 0 saturated carbocycles. The molecule has 0 N–H and O–H groups in total. The molecule has 3 rings (SSSR count). The number of amides is 1. The predicted octanol–water partition coefficient (Wildman–Crippen LogP) is 2.79. The minimum Gasteiger partial charge on any atom is -0.305 e. The summed E-state index contributed by atoms with van der Waals surface area (Å²) in [4.78, 5) is 17.3. The van der Waals surface area contributed by atoms with Crippen molar-refractivity contribution in [2.75, 3.05) is 6.26 Å². The van der Waals surface area contributed by atoms with Crippen LogP contribution in [-0.4, -0.2) is 25.1 Å². The zero-order valence-corrected chi connectivity index (χ0v) is 15.9. The third-order valence-electron chi connectivity index (χ3n) is 3.79. The van der Waals surface area contributed by atoms with E-state index in [1.165, 1.54) is 29.5 Å². The summed E-state index contributed by atoms with van der Waals surface area (Å²) in [5.74, 6) is 2.07. The van der Waals surface area contributed by atoms with Crippen molar-refractivity contribution in [3.8, 4) is 12.3 Å². The normalized spacial score (nSPS) is 12.3. The number of thiazole rings is 1. The third-order valence-corrected chi connectivity index (χ3v) is 5.95. The maximum atomic E-state index is 12.6. The van der Waals surface area contributed by atoms with E-state index in [0.717, 1.165) is 22.0 Å². The molecule has 26 heavy (non-hydrogen) atoms. The molecule has 132 valence electrons. The lowest BCUT2D eigenvalue weighted by Crippen LogP contribution is -2.16. The van der Waals surface area contributed by atoms with E-state index in [1.807, 2.05) is 25.1 Å². The van der Waals surface area contributed by atoms with Crippen molar-refractivity contribution in [1.29, 1.82) is 0 Å². The van der Waals surface area contributed by atoms with Crippen LogP contribution >= 0.6 is 11.3 Å². The number of aryl methyl sites for hydroxylation is 1. The minimum absolute atomic E-state index is 0.0852. The van der Waals surface area contributed by atoms with Crippen LogP contribution < -0.4 is 4.80 Å². The van der Waals surface area contributed by atoms with Crippen LogP contribution in [0.1, 0.15) is 15.9 Å². The van der Waals surface area contributed by atoms with Gasteiger partial charge in [0.1, 0.15) is 0 Å². The van der Waals surface area contributed by atoms with Crippen molar-refractivity contribution in [2.45, 2.75) is 18.4 Å². The topological polar surface area (TPSA) is 68.5 Å². The Bertz CT molecular complexity index is 1230. The Hall–Kier alpha value is -2.69. The largest absolute Gasteiger partial charge is 0.305 e. The Morgan fingerprint density at radius 2 is 2.04 bits per heavy atom. The summed E-state index contributed by atoms with van der Waals surface area (Å²) in [6.45, 7) is 2.28. The minimum atomic E-state index is -3.40. The van der Waals surface area contributed by atoms with E-state index < -0.39 is 15.7 Å². The van der Waals surface area contributed by atoms with Gasteiger partial charge >= 0.3 is 0 Å². The molecule has 2 aromatic carbocycles. The molecule has 3 aromatic rings. The van der Waals surface area contributed by atoms with Crippen LogP contribution in [0, 0.1) is 19.3 Å². The maximum absolute atomic E-state index is 12.6. The number of sulfone groups is 1. The van der Waals surface area contributed by atoms with Gasteiger partial charge in [0.2, 0.25) is 0 Å². The SMILES string of the molecule is C#CCn1c(=NC(=O)c2cccc(S(C)(=O)=O)c2)sc2cc(C)ccc21. The number of nitrogens with zero attached hydrogens (tertiary/aromatic N) is 2. The van der Waals surface area contributed by atoms with Gasteiger partial charge in [-0.05, 0) is 42.8 Å². The van der Waals surface area contributed by atoms with Crippen molar-refractivity contribution in [2.24, 2.45) is 4.99 Å². The fraction of sp³-hybridized carbons (Fsp3) is 0.158. The summed E-state index contributed by atoms with van der Waals surface area (Å²) in [6, 6.07) is 11.8. The highest BCUT2D eigenvalue weighted by atomic mass is 32.2. The number of hydrogen-bond acceptors (Lipinski definition) is 4. The highest BCUT2D eigenvalue weighted by Crippen LogP contribution is 2.19. The Morgan fingerprint density at radius 3 is 2.73 bits per heavy atom. The zero-order chi connectivity index (χ0) is 18.9. The number of carbonyl (C=O) groups is 1. The molecule has 0 spiro atoms. The molecular formula is C19H16N2O3S2. The first-order valence-corrected chi connectivity index (χ1v) is 10.4. The molecule has 0 radical (unpaired) electrons. The molecule has 0 saturated heterocycles. The molecule has 0 bridgehead atoms. The number of fused-ring (bicyclic) bond motifs is 1. The summed E-state index contributed by atoms with van der Waals surface area (Å²) >= 11 is 1.37. The number of benzene rings is 2. The fourth-order valence-electron chi connectivity index (χ4n) is 2.52. The number of carbonyl (C=O) groups excluding carboxylic acids is 1. The van der Waals surface area contributed by atoms with Gasteiger partial charge in [-0.15, -0.1) is 6.42 Å². The molecule has 1 amide bonds. The van der Waals surface area contributed by atoms with Gasteiger partial charge in [-0.1, -0.05) is 29.4 Å². The van der Waals surface area contributed by atoms with Gasteiger partial charge in [0.05, 0.1) is 21.7 Å². The quantitative estimate of drug-likeness (QED) is 0.652. The highest BCUT2D eigenvalue weighted by Gasteiger charge is 2.12. The Morgan fingerprint density at radius 1 is 1.27 bits per heavy atom. The van der Waals surface area contributed by atoms with Crippen LogP contribution in [-0.2, 0) is 16.4 Å². The first kappa shape index (κ1) is 18.1. The molecule has 0 aliphatic heterocycles. The number of aromatic nitrogens is 1. The lowest BCUT2D eigenvalue weighted by Gasteiger charge is -2.01. The van der Waals surface area contributed by atoms with Crippen molar-refractivity contribution >= 4 is 37.3 Å². The Labute approximate surface area is 155 Å². The molecule has 0 unspecified atom stereocenters. The lowest BCUT2D eigenvalue weighted by molar-refractivity contribution is 0.0997. The van der Waals surface area contributed by atoms with Crippen LogP contribution in [0.2, 0.25) is 0 Å². The summed E-state index contributed by atoms with van der Waals surface area (Å²) < 4.78 is 26.2. The standard InChI is InChI=1S/C19H16N2O3S2/c1-4-10-21-16-9-8-13(2)11-17(16)25-19(21)20-18(22)14-6-5-7-15(12-14)26(3,23)24/h1,5-9,11-12H,10H2,2-3H3. The van der Waals surface area contributed by atoms with Gasteiger partial charge < -0.3 is 4.57 Å². The molecule has 0 atom stereocenters. The summed E-state index contributed by atoms with van der Waals surface area (Å²) in [6.07, 6.45) is 6.56. The van der Waals surface area contributed by atoms with E-state index in [4.69, 9.17) is 6.42 Å². The molecule has 7 heteroatoms. The second-order valence-electron chi connectivity index (χ2n) is 5.86. The average Bonchev–Trinajstić information content (AvgIpc) is 2.91. The fourth-order valence-corrected chi connectivity index (χ4v) is 4.31. The number of hydrogen-bond donors (Lipinski definition) is 0. The van der Waals surface area contributed by atoms with Gasteiger partial charge in [-0.3, -0.25) is 4.79 Å².